The summed E-state index contributed by atoms with van der Waals surface area (Å²) in [5.74, 6) is 2.36. The van der Waals surface area contributed by atoms with Gasteiger partial charge in [0.15, 0.2) is 0 Å². The first-order chi connectivity index (χ1) is 14.3. The summed E-state index contributed by atoms with van der Waals surface area (Å²) >= 11 is 6.03. The average Bonchev–Trinajstić information content (AvgIpc) is 2.71. The van der Waals surface area contributed by atoms with E-state index in [1.807, 2.05) is 23.6 Å². The molecule has 160 valence electrons. The van der Waals surface area contributed by atoms with E-state index in [-0.39, 0.29) is 24.6 Å². The highest BCUT2D eigenvalue weighted by Crippen LogP contribution is 2.30. The molecule has 1 heterocycles. The first-order valence-corrected chi connectivity index (χ1v) is 10.3. The highest BCUT2D eigenvalue weighted by Gasteiger charge is 2.34. The minimum Gasteiger partial charge on any atom is -0.478 e. The Labute approximate surface area is 181 Å². The molecule has 1 unspecified atom stereocenters. The van der Waals surface area contributed by atoms with Gasteiger partial charge in [-0.05, 0) is 56.7 Å². The van der Waals surface area contributed by atoms with Gasteiger partial charge in [-0.2, -0.15) is 0 Å². The van der Waals surface area contributed by atoms with Crippen LogP contribution in [-0.4, -0.2) is 46.2 Å². The van der Waals surface area contributed by atoms with Gasteiger partial charge < -0.3 is 14.7 Å². The Morgan fingerprint density at radius 2 is 1.97 bits per heavy atom. The number of nitrogens with zero attached hydrogens (tertiary/aromatic N) is 2. The summed E-state index contributed by atoms with van der Waals surface area (Å²) in [5, 5.41) is 10.5. The summed E-state index contributed by atoms with van der Waals surface area (Å²) in [7, 11) is 0. The Morgan fingerprint density at radius 3 is 2.60 bits per heavy atom. The van der Waals surface area contributed by atoms with Gasteiger partial charge in [0.25, 0.3) is 0 Å². The number of aliphatic hydroxyl groups excluding tert-OH is 1. The number of hydrogen-bond acceptors (Lipinski definition) is 5. The Balaban J connectivity index is 1.72. The van der Waals surface area contributed by atoms with Crippen molar-refractivity contribution in [3.05, 3.63) is 70.1 Å². The third-order valence-corrected chi connectivity index (χ3v) is 5.70. The number of piperazine rings is 1. The zero-order valence-electron chi connectivity index (χ0n) is 17.3. The van der Waals surface area contributed by atoms with E-state index in [0.29, 0.717) is 35.1 Å². The van der Waals surface area contributed by atoms with Crippen molar-refractivity contribution in [2.24, 2.45) is 0 Å². The normalized spacial score (nSPS) is 20.7. The van der Waals surface area contributed by atoms with E-state index < -0.39 is 6.10 Å². The fraction of sp³-hybridized carbons (Fsp3) is 0.391. The summed E-state index contributed by atoms with van der Waals surface area (Å²) in [6.07, 6.45) is -0.715. The van der Waals surface area contributed by atoms with E-state index in [2.05, 4.69) is 5.94 Å². The van der Waals surface area contributed by atoms with Gasteiger partial charge in [0.2, 0.25) is 0 Å². The van der Waals surface area contributed by atoms with Gasteiger partial charge in [-0.1, -0.05) is 23.7 Å². The van der Waals surface area contributed by atoms with Crippen molar-refractivity contribution in [3.63, 3.8) is 0 Å². The van der Waals surface area contributed by atoms with Crippen molar-refractivity contribution in [2.45, 2.75) is 45.5 Å². The Kier molecular flexibility index (Phi) is 7.16. The standard InChI is InChI=1S/C23H26ClFN2O3/c1-15-11-26(14-30-23-9-6-19(24)10-21(23)17(3)29)16(2)22(13-28)27(15)12-18-4-7-20(25)8-5-18/h4-10,15-17,29H,11-12,14H2,1-3H3/t15-,16+,17?/m1/s1. The molecule has 0 aromatic heterocycles. The molecule has 0 spiro atoms. The predicted octanol–water partition coefficient (Wildman–Crippen LogP) is 4.18. The summed E-state index contributed by atoms with van der Waals surface area (Å²) in [4.78, 5) is 15.8. The Bertz CT molecular complexity index is 929. The largest absolute Gasteiger partial charge is 0.478 e. The van der Waals surface area contributed by atoms with Crippen LogP contribution in [0.25, 0.3) is 0 Å². The third kappa shape index (κ3) is 5.02. The molecular weight excluding hydrogens is 407 g/mol. The lowest BCUT2D eigenvalue weighted by atomic mass is 10.0. The van der Waals surface area contributed by atoms with Gasteiger partial charge in [-0.3, -0.25) is 4.90 Å². The van der Waals surface area contributed by atoms with E-state index in [1.54, 1.807) is 37.3 Å². The molecule has 2 aromatic carbocycles. The molecule has 1 saturated heterocycles. The molecular formula is C23H26ClFN2O3. The van der Waals surface area contributed by atoms with Crippen LogP contribution in [-0.2, 0) is 11.3 Å². The van der Waals surface area contributed by atoms with Crippen LogP contribution in [0.3, 0.4) is 0 Å². The number of aliphatic hydroxyl groups is 1. The first-order valence-electron chi connectivity index (χ1n) is 9.90. The molecule has 0 aliphatic carbocycles. The molecule has 0 saturated carbocycles. The zero-order chi connectivity index (χ0) is 21.8. The van der Waals surface area contributed by atoms with Crippen LogP contribution >= 0.6 is 11.6 Å². The number of ether oxygens (including phenoxy) is 1. The van der Waals surface area contributed by atoms with E-state index in [4.69, 9.17) is 16.3 Å². The van der Waals surface area contributed by atoms with Crippen LogP contribution in [0, 0.1) is 5.82 Å². The van der Waals surface area contributed by atoms with Gasteiger partial charge in [-0.25, -0.2) is 9.18 Å². The molecule has 3 atom stereocenters. The van der Waals surface area contributed by atoms with E-state index in [0.717, 1.165) is 5.56 Å². The van der Waals surface area contributed by atoms with Gasteiger partial charge >= 0.3 is 0 Å². The maximum Gasteiger partial charge on any atom is 0.147 e. The topological polar surface area (TPSA) is 53.0 Å². The van der Waals surface area contributed by atoms with Crippen molar-refractivity contribution in [3.8, 4) is 5.75 Å². The van der Waals surface area contributed by atoms with Crippen LogP contribution < -0.4 is 4.74 Å². The van der Waals surface area contributed by atoms with Crippen molar-refractivity contribution in [1.82, 2.24) is 9.80 Å². The molecule has 1 aliphatic heterocycles. The molecule has 0 radical (unpaired) electrons. The molecule has 1 N–H and O–H groups in total. The van der Waals surface area contributed by atoms with Crippen LogP contribution in [0.1, 0.15) is 38.0 Å². The fourth-order valence-corrected chi connectivity index (χ4v) is 3.89. The second-order valence-electron chi connectivity index (χ2n) is 7.67. The third-order valence-electron chi connectivity index (χ3n) is 5.46. The minimum absolute atomic E-state index is 0.0350. The number of hydrogen-bond donors (Lipinski definition) is 1. The van der Waals surface area contributed by atoms with Crippen LogP contribution in [0.4, 0.5) is 4.39 Å². The van der Waals surface area contributed by atoms with Gasteiger partial charge in [0, 0.05) is 29.7 Å². The lowest BCUT2D eigenvalue weighted by Crippen LogP contribution is -2.55. The zero-order valence-corrected chi connectivity index (χ0v) is 18.1. The molecule has 0 bridgehead atoms. The average molecular weight is 433 g/mol. The second-order valence-corrected chi connectivity index (χ2v) is 8.11. The van der Waals surface area contributed by atoms with Crippen LogP contribution in [0.5, 0.6) is 5.75 Å². The summed E-state index contributed by atoms with van der Waals surface area (Å²) < 4.78 is 19.2. The molecule has 0 amide bonds. The van der Waals surface area contributed by atoms with E-state index >= 15 is 0 Å². The second kappa shape index (κ2) is 9.63. The Morgan fingerprint density at radius 1 is 1.27 bits per heavy atom. The molecule has 2 aromatic rings. The maximum atomic E-state index is 13.2. The number of carbonyl (C=O) groups excluding carboxylic acids is 1. The molecule has 1 aliphatic rings. The van der Waals surface area contributed by atoms with Gasteiger partial charge in [-0.15, -0.1) is 0 Å². The van der Waals surface area contributed by atoms with Crippen molar-refractivity contribution >= 4 is 17.5 Å². The fourth-order valence-electron chi connectivity index (χ4n) is 3.71. The van der Waals surface area contributed by atoms with E-state index in [1.165, 1.54) is 12.1 Å². The number of rotatable bonds is 6. The van der Waals surface area contributed by atoms with Crippen LogP contribution in [0.15, 0.2) is 48.2 Å². The molecule has 7 heteroatoms. The van der Waals surface area contributed by atoms with Crippen LogP contribution in [0.2, 0.25) is 5.02 Å². The van der Waals surface area contributed by atoms with Crippen molar-refractivity contribution < 1.29 is 19.0 Å². The quantitative estimate of drug-likeness (QED) is 0.694. The summed E-state index contributed by atoms with van der Waals surface area (Å²) in [6, 6.07) is 11.3. The van der Waals surface area contributed by atoms with E-state index in [9.17, 15) is 14.3 Å². The smallest absolute Gasteiger partial charge is 0.147 e. The monoisotopic (exact) mass is 432 g/mol. The SMILES string of the molecule is CC(O)c1cc(Cl)ccc1OCN1C[C@@H](C)N(Cc2ccc(F)cc2)C(=C=O)[C@@H]1C. The summed E-state index contributed by atoms with van der Waals surface area (Å²) in [5.41, 5.74) is 2.08. The predicted molar refractivity (Wildman–Crippen MR) is 114 cm³/mol. The van der Waals surface area contributed by atoms with Crippen molar-refractivity contribution in [2.75, 3.05) is 13.3 Å². The minimum atomic E-state index is -0.715. The number of benzene rings is 2. The molecule has 1 fully saturated rings. The first kappa shape index (κ1) is 22.3. The highest BCUT2D eigenvalue weighted by atomic mass is 35.5. The lowest BCUT2D eigenvalue weighted by Gasteiger charge is -2.45. The van der Waals surface area contributed by atoms with Gasteiger partial charge in [0.1, 0.15) is 29.9 Å². The molecule has 5 nitrogen and oxygen atoms in total. The lowest BCUT2D eigenvalue weighted by molar-refractivity contribution is 0.0273. The maximum absolute atomic E-state index is 13.2. The highest BCUT2D eigenvalue weighted by molar-refractivity contribution is 6.30. The Hall–Kier alpha value is -2.37. The van der Waals surface area contributed by atoms with Crippen molar-refractivity contribution in [1.29, 1.82) is 0 Å². The molecule has 3 rings (SSSR count). The summed E-state index contributed by atoms with van der Waals surface area (Å²) in [6.45, 7) is 7.06. The van der Waals surface area contributed by atoms with Gasteiger partial charge in [0.05, 0.1) is 12.1 Å². The number of halogens is 2. The molecule has 30 heavy (non-hydrogen) atoms.